The SMILES string of the molecule is CCCS(=O)(=O)N(C)CC1(N(C)C)CCC1. The minimum atomic E-state index is -3.05. The Bertz CT molecular complexity index is 321. The van der Waals surface area contributed by atoms with Crippen molar-refractivity contribution in [2.45, 2.75) is 38.1 Å². The van der Waals surface area contributed by atoms with E-state index in [1.807, 2.05) is 21.0 Å². The molecule has 1 rings (SSSR count). The quantitative estimate of drug-likeness (QED) is 0.708. The summed E-state index contributed by atoms with van der Waals surface area (Å²) in [6.07, 6.45) is 4.10. The van der Waals surface area contributed by atoms with Crippen molar-refractivity contribution < 1.29 is 8.42 Å². The fourth-order valence-corrected chi connectivity index (χ4v) is 3.52. The molecule has 0 saturated heterocycles. The topological polar surface area (TPSA) is 40.6 Å². The Morgan fingerprint density at radius 3 is 2.06 bits per heavy atom. The van der Waals surface area contributed by atoms with Crippen molar-refractivity contribution in [3.63, 3.8) is 0 Å². The largest absolute Gasteiger partial charge is 0.302 e. The van der Waals surface area contributed by atoms with E-state index in [4.69, 9.17) is 0 Å². The van der Waals surface area contributed by atoms with Crippen molar-refractivity contribution in [1.29, 1.82) is 0 Å². The molecule has 0 heterocycles. The minimum Gasteiger partial charge on any atom is -0.302 e. The molecule has 1 aliphatic carbocycles. The van der Waals surface area contributed by atoms with Gasteiger partial charge in [0.15, 0.2) is 0 Å². The maximum atomic E-state index is 11.9. The Morgan fingerprint density at radius 1 is 1.19 bits per heavy atom. The summed E-state index contributed by atoms with van der Waals surface area (Å²) in [5, 5.41) is 0. The lowest BCUT2D eigenvalue weighted by Gasteiger charge is -2.49. The molecular weight excluding hydrogens is 224 g/mol. The number of likely N-dealkylation sites (N-methyl/N-ethyl adjacent to an activating group) is 2. The molecule has 1 aliphatic rings. The molecular formula is C11H24N2O2S. The van der Waals surface area contributed by atoms with Gasteiger partial charge in [0.1, 0.15) is 0 Å². The van der Waals surface area contributed by atoms with Crippen LogP contribution in [0.15, 0.2) is 0 Å². The van der Waals surface area contributed by atoms with Gasteiger partial charge in [-0.3, -0.25) is 0 Å². The van der Waals surface area contributed by atoms with Crippen molar-refractivity contribution in [2.75, 3.05) is 33.4 Å². The highest BCUT2D eigenvalue weighted by Gasteiger charge is 2.41. The molecule has 5 heteroatoms. The Hall–Kier alpha value is -0.130. The van der Waals surface area contributed by atoms with Crippen LogP contribution in [0.3, 0.4) is 0 Å². The maximum absolute atomic E-state index is 11.9. The molecule has 0 aromatic rings. The van der Waals surface area contributed by atoms with Gasteiger partial charge in [-0.05, 0) is 39.8 Å². The van der Waals surface area contributed by atoms with E-state index >= 15 is 0 Å². The molecule has 1 saturated carbocycles. The van der Waals surface area contributed by atoms with Crippen LogP contribution >= 0.6 is 0 Å². The third-order valence-corrected chi connectivity index (χ3v) is 5.69. The van der Waals surface area contributed by atoms with Crippen LogP contribution in [0.5, 0.6) is 0 Å². The van der Waals surface area contributed by atoms with Crippen LogP contribution in [0.1, 0.15) is 32.6 Å². The standard InChI is InChI=1S/C11H24N2O2S/c1-5-9-16(14,15)13(4)10-11(12(2)3)7-6-8-11/h5-10H2,1-4H3. The second-order valence-corrected chi connectivity index (χ2v) is 7.24. The minimum absolute atomic E-state index is 0.0789. The zero-order valence-corrected chi connectivity index (χ0v) is 11.7. The van der Waals surface area contributed by atoms with E-state index in [2.05, 4.69) is 4.90 Å². The molecule has 0 amide bonds. The molecule has 0 spiro atoms. The summed E-state index contributed by atoms with van der Waals surface area (Å²) in [4.78, 5) is 2.18. The Labute approximate surface area is 99.7 Å². The third kappa shape index (κ3) is 2.76. The van der Waals surface area contributed by atoms with E-state index in [0.29, 0.717) is 13.0 Å². The van der Waals surface area contributed by atoms with Crippen molar-refractivity contribution >= 4 is 10.0 Å². The van der Waals surface area contributed by atoms with Crippen LogP contribution in [0.4, 0.5) is 0 Å². The van der Waals surface area contributed by atoms with Crippen molar-refractivity contribution in [1.82, 2.24) is 9.21 Å². The maximum Gasteiger partial charge on any atom is 0.213 e. The zero-order valence-electron chi connectivity index (χ0n) is 10.9. The van der Waals surface area contributed by atoms with E-state index in [1.54, 1.807) is 7.05 Å². The first-order valence-corrected chi connectivity index (χ1v) is 7.56. The highest BCUT2D eigenvalue weighted by Crippen LogP contribution is 2.37. The Kier molecular flexibility index (Phi) is 4.37. The van der Waals surface area contributed by atoms with Crippen molar-refractivity contribution in [2.24, 2.45) is 0 Å². The molecule has 0 N–H and O–H groups in total. The first kappa shape index (κ1) is 13.9. The molecule has 1 fully saturated rings. The van der Waals surface area contributed by atoms with Gasteiger partial charge in [-0.25, -0.2) is 12.7 Å². The molecule has 0 aliphatic heterocycles. The van der Waals surface area contributed by atoms with Gasteiger partial charge in [-0.2, -0.15) is 0 Å². The first-order chi connectivity index (χ1) is 7.34. The number of hydrogen-bond acceptors (Lipinski definition) is 3. The summed E-state index contributed by atoms with van der Waals surface area (Å²) in [7, 11) is 2.74. The summed E-state index contributed by atoms with van der Waals surface area (Å²) in [6, 6.07) is 0. The lowest BCUT2D eigenvalue weighted by molar-refractivity contribution is 0.0455. The summed E-state index contributed by atoms with van der Waals surface area (Å²) in [6.45, 7) is 2.53. The highest BCUT2D eigenvalue weighted by molar-refractivity contribution is 7.89. The Balaban J connectivity index is 2.66. The number of rotatable bonds is 6. The number of sulfonamides is 1. The summed E-state index contributed by atoms with van der Waals surface area (Å²) in [5.41, 5.74) is 0.0789. The van der Waals surface area contributed by atoms with E-state index in [1.165, 1.54) is 10.7 Å². The van der Waals surface area contributed by atoms with Gasteiger partial charge in [0.05, 0.1) is 5.75 Å². The average Bonchev–Trinajstić information content (AvgIpc) is 2.09. The van der Waals surface area contributed by atoms with Gasteiger partial charge in [-0.1, -0.05) is 6.92 Å². The van der Waals surface area contributed by atoms with E-state index in [-0.39, 0.29) is 11.3 Å². The first-order valence-electron chi connectivity index (χ1n) is 5.95. The monoisotopic (exact) mass is 248 g/mol. The van der Waals surface area contributed by atoms with Crippen LogP contribution in [0.25, 0.3) is 0 Å². The molecule has 0 aromatic heterocycles. The average molecular weight is 248 g/mol. The smallest absolute Gasteiger partial charge is 0.213 e. The zero-order chi connectivity index (χ0) is 12.4. The lowest BCUT2D eigenvalue weighted by atomic mass is 9.75. The molecule has 4 nitrogen and oxygen atoms in total. The van der Waals surface area contributed by atoms with E-state index < -0.39 is 10.0 Å². The fraction of sp³-hybridized carbons (Fsp3) is 1.00. The predicted molar refractivity (Wildman–Crippen MR) is 67.0 cm³/mol. The summed E-state index contributed by atoms with van der Waals surface area (Å²) in [5.74, 6) is 0.257. The van der Waals surface area contributed by atoms with Crippen LogP contribution in [0, 0.1) is 0 Å². The van der Waals surface area contributed by atoms with Gasteiger partial charge >= 0.3 is 0 Å². The number of nitrogens with zero attached hydrogens (tertiary/aromatic N) is 2. The summed E-state index contributed by atoms with van der Waals surface area (Å²) < 4.78 is 25.3. The highest BCUT2D eigenvalue weighted by atomic mass is 32.2. The van der Waals surface area contributed by atoms with Crippen LogP contribution in [0.2, 0.25) is 0 Å². The molecule has 96 valence electrons. The van der Waals surface area contributed by atoms with Crippen LogP contribution < -0.4 is 0 Å². The van der Waals surface area contributed by atoms with Crippen LogP contribution in [-0.2, 0) is 10.0 Å². The summed E-state index contributed by atoms with van der Waals surface area (Å²) >= 11 is 0. The lowest BCUT2D eigenvalue weighted by Crippen LogP contribution is -2.57. The third-order valence-electron chi connectivity index (χ3n) is 3.69. The molecule has 0 bridgehead atoms. The molecule has 0 atom stereocenters. The van der Waals surface area contributed by atoms with Gasteiger partial charge in [0, 0.05) is 19.1 Å². The molecule has 0 radical (unpaired) electrons. The van der Waals surface area contributed by atoms with Crippen LogP contribution in [-0.4, -0.2) is 56.6 Å². The molecule has 0 aromatic carbocycles. The van der Waals surface area contributed by atoms with Crippen molar-refractivity contribution in [3.8, 4) is 0 Å². The second kappa shape index (κ2) is 5.02. The normalized spacial score (nSPS) is 20.1. The van der Waals surface area contributed by atoms with E-state index in [9.17, 15) is 8.42 Å². The van der Waals surface area contributed by atoms with Gasteiger partial charge < -0.3 is 4.90 Å². The predicted octanol–water partition coefficient (Wildman–Crippen LogP) is 1.14. The van der Waals surface area contributed by atoms with Gasteiger partial charge in [0.25, 0.3) is 0 Å². The number of hydrogen-bond donors (Lipinski definition) is 0. The molecule has 16 heavy (non-hydrogen) atoms. The van der Waals surface area contributed by atoms with E-state index in [0.717, 1.165) is 12.8 Å². The Morgan fingerprint density at radius 2 is 1.75 bits per heavy atom. The molecule has 0 unspecified atom stereocenters. The van der Waals surface area contributed by atoms with Gasteiger partial charge in [0.2, 0.25) is 10.0 Å². The van der Waals surface area contributed by atoms with Gasteiger partial charge in [-0.15, -0.1) is 0 Å². The van der Waals surface area contributed by atoms with Crippen molar-refractivity contribution in [3.05, 3.63) is 0 Å². The fourth-order valence-electron chi connectivity index (χ4n) is 2.26. The second-order valence-electron chi connectivity index (χ2n) is 5.04.